The lowest BCUT2D eigenvalue weighted by molar-refractivity contribution is -0.0288. The molecule has 0 aliphatic heterocycles. The molecule has 0 radical (unpaired) electrons. The molecule has 0 saturated heterocycles. The summed E-state index contributed by atoms with van der Waals surface area (Å²) in [5, 5.41) is 0. The Hall–Kier alpha value is -0.970. The van der Waals surface area contributed by atoms with Crippen LogP contribution in [0.25, 0.3) is 0 Å². The summed E-state index contributed by atoms with van der Waals surface area (Å²) in [6, 6.07) is 4.08. The van der Waals surface area contributed by atoms with Gasteiger partial charge in [0.15, 0.2) is 0 Å². The molecule has 0 aromatic carbocycles. The first kappa shape index (κ1) is 13.1. The summed E-state index contributed by atoms with van der Waals surface area (Å²) >= 11 is 0. The number of hydrogen-bond donors (Lipinski definition) is 2. The Morgan fingerprint density at radius 1 is 1.50 bits per heavy atom. The molecule has 0 bridgehead atoms. The van der Waals surface area contributed by atoms with Crippen molar-refractivity contribution in [3.63, 3.8) is 0 Å². The van der Waals surface area contributed by atoms with Crippen LogP contribution in [0.1, 0.15) is 25.8 Å². The van der Waals surface area contributed by atoms with Crippen LogP contribution in [0, 0.1) is 0 Å². The topological polar surface area (TPSA) is 60.2 Å². The molecule has 0 aliphatic carbocycles. The SMILES string of the molecule is CCC(C)(OC)C(Cc1ccncc1)NN. The maximum atomic E-state index is 5.61. The zero-order valence-electron chi connectivity index (χ0n) is 10.2. The van der Waals surface area contributed by atoms with Gasteiger partial charge in [-0.05, 0) is 37.5 Å². The van der Waals surface area contributed by atoms with Gasteiger partial charge in [0, 0.05) is 19.5 Å². The zero-order chi connectivity index (χ0) is 12.0. The highest BCUT2D eigenvalue weighted by Gasteiger charge is 2.31. The largest absolute Gasteiger partial charge is 0.377 e. The second-order valence-electron chi connectivity index (χ2n) is 4.15. The molecule has 0 saturated carbocycles. The van der Waals surface area contributed by atoms with E-state index in [-0.39, 0.29) is 11.6 Å². The smallest absolute Gasteiger partial charge is 0.0817 e. The van der Waals surface area contributed by atoms with E-state index in [4.69, 9.17) is 10.6 Å². The van der Waals surface area contributed by atoms with Crippen molar-refractivity contribution in [2.75, 3.05) is 7.11 Å². The van der Waals surface area contributed by atoms with E-state index >= 15 is 0 Å². The highest BCUT2D eigenvalue weighted by Crippen LogP contribution is 2.21. The molecule has 0 spiro atoms. The number of rotatable bonds is 6. The van der Waals surface area contributed by atoms with Gasteiger partial charge in [-0.1, -0.05) is 6.92 Å². The third-order valence-electron chi connectivity index (χ3n) is 3.30. The van der Waals surface area contributed by atoms with Crippen molar-refractivity contribution in [2.24, 2.45) is 5.84 Å². The summed E-state index contributed by atoms with van der Waals surface area (Å²) in [6.07, 6.45) is 5.32. The first-order valence-corrected chi connectivity index (χ1v) is 5.56. The second-order valence-corrected chi connectivity index (χ2v) is 4.15. The minimum atomic E-state index is -0.252. The van der Waals surface area contributed by atoms with Crippen molar-refractivity contribution >= 4 is 0 Å². The zero-order valence-corrected chi connectivity index (χ0v) is 10.2. The first-order chi connectivity index (χ1) is 7.66. The summed E-state index contributed by atoms with van der Waals surface area (Å²) in [7, 11) is 1.72. The second kappa shape index (κ2) is 5.94. The molecule has 0 amide bonds. The number of pyridine rings is 1. The number of ether oxygens (including phenoxy) is 1. The van der Waals surface area contributed by atoms with Crippen molar-refractivity contribution in [1.82, 2.24) is 10.4 Å². The molecule has 2 atom stereocenters. The van der Waals surface area contributed by atoms with Crippen LogP contribution in [-0.4, -0.2) is 23.7 Å². The Morgan fingerprint density at radius 2 is 2.12 bits per heavy atom. The van der Waals surface area contributed by atoms with E-state index in [0.29, 0.717) is 0 Å². The first-order valence-electron chi connectivity index (χ1n) is 5.56. The van der Waals surface area contributed by atoms with Gasteiger partial charge in [0.05, 0.1) is 11.6 Å². The molecule has 2 unspecified atom stereocenters. The fourth-order valence-corrected chi connectivity index (χ4v) is 1.74. The molecular weight excluding hydrogens is 202 g/mol. The number of methoxy groups -OCH3 is 1. The molecule has 3 N–H and O–H groups in total. The van der Waals surface area contributed by atoms with Crippen LogP contribution in [0.4, 0.5) is 0 Å². The molecule has 0 aliphatic rings. The molecule has 90 valence electrons. The summed E-state index contributed by atoms with van der Waals surface area (Å²) in [5.74, 6) is 5.61. The summed E-state index contributed by atoms with van der Waals surface area (Å²) in [5.41, 5.74) is 3.80. The van der Waals surface area contributed by atoms with Crippen LogP contribution in [-0.2, 0) is 11.2 Å². The van der Waals surface area contributed by atoms with Crippen LogP contribution in [0.5, 0.6) is 0 Å². The van der Waals surface area contributed by atoms with E-state index in [1.54, 1.807) is 19.5 Å². The Labute approximate surface area is 97.2 Å². The predicted octanol–water partition coefficient (Wildman–Crippen LogP) is 1.27. The molecule has 1 aromatic heterocycles. The van der Waals surface area contributed by atoms with Gasteiger partial charge in [0.1, 0.15) is 0 Å². The minimum Gasteiger partial charge on any atom is -0.377 e. The lowest BCUT2D eigenvalue weighted by Crippen LogP contribution is -2.53. The van der Waals surface area contributed by atoms with Gasteiger partial charge in [0.2, 0.25) is 0 Å². The third-order valence-corrected chi connectivity index (χ3v) is 3.30. The van der Waals surface area contributed by atoms with Crippen LogP contribution >= 0.6 is 0 Å². The Morgan fingerprint density at radius 3 is 2.56 bits per heavy atom. The van der Waals surface area contributed by atoms with E-state index in [0.717, 1.165) is 12.8 Å². The molecular formula is C12H21N3O. The number of hydrazine groups is 1. The van der Waals surface area contributed by atoms with Gasteiger partial charge in [-0.3, -0.25) is 16.3 Å². The molecule has 1 rings (SSSR count). The Bertz CT molecular complexity index is 298. The average molecular weight is 223 g/mol. The summed E-state index contributed by atoms with van der Waals surface area (Å²) in [6.45, 7) is 4.17. The monoisotopic (exact) mass is 223 g/mol. The highest BCUT2D eigenvalue weighted by atomic mass is 16.5. The van der Waals surface area contributed by atoms with E-state index in [9.17, 15) is 0 Å². The van der Waals surface area contributed by atoms with E-state index in [1.165, 1.54) is 5.56 Å². The molecule has 4 nitrogen and oxygen atoms in total. The lowest BCUT2D eigenvalue weighted by Gasteiger charge is -2.35. The number of nitrogens with zero attached hydrogens (tertiary/aromatic N) is 1. The predicted molar refractivity (Wildman–Crippen MR) is 64.8 cm³/mol. The quantitative estimate of drug-likeness (QED) is 0.563. The number of nitrogens with two attached hydrogens (primary N) is 1. The van der Waals surface area contributed by atoms with Crippen LogP contribution < -0.4 is 11.3 Å². The maximum Gasteiger partial charge on any atom is 0.0817 e. The van der Waals surface area contributed by atoms with Gasteiger partial charge in [0.25, 0.3) is 0 Å². The van der Waals surface area contributed by atoms with Crippen LogP contribution in [0.3, 0.4) is 0 Å². The van der Waals surface area contributed by atoms with Crippen molar-refractivity contribution in [3.05, 3.63) is 30.1 Å². The van der Waals surface area contributed by atoms with Crippen LogP contribution in [0.15, 0.2) is 24.5 Å². The average Bonchev–Trinajstić information content (AvgIpc) is 2.36. The molecule has 1 heterocycles. The fourth-order valence-electron chi connectivity index (χ4n) is 1.74. The number of nitrogens with one attached hydrogen (secondary N) is 1. The molecule has 16 heavy (non-hydrogen) atoms. The Balaban J connectivity index is 2.76. The number of aromatic nitrogens is 1. The van der Waals surface area contributed by atoms with Crippen molar-refractivity contribution in [2.45, 2.75) is 38.3 Å². The van der Waals surface area contributed by atoms with Gasteiger partial charge in [-0.25, -0.2) is 0 Å². The third kappa shape index (κ3) is 3.01. The minimum absolute atomic E-state index is 0.0879. The van der Waals surface area contributed by atoms with E-state index in [2.05, 4.69) is 24.3 Å². The van der Waals surface area contributed by atoms with E-state index < -0.39 is 0 Å². The normalized spacial score (nSPS) is 16.8. The van der Waals surface area contributed by atoms with Gasteiger partial charge in [-0.2, -0.15) is 0 Å². The maximum absolute atomic E-state index is 5.61. The van der Waals surface area contributed by atoms with Crippen molar-refractivity contribution < 1.29 is 4.74 Å². The van der Waals surface area contributed by atoms with Gasteiger partial charge in [-0.15, -0.1) is 0 Å². The molecule has 4 heteroatoms. The highest BCUT2D eigenvalue weighted by molar-refractivity contribution is 5.13. The standard InChI is InChI=1S/C12H21N3O/c1-4-12(2,16-3)11(15-13)9-10-5-7-14-8-6-10/h5-8,11,15H,4,9,13H2,1-3H3. The molecule has 1 aromatic rings. The fraction of sp³-hybridized carbons (Fsp3) is 0.583. The summed E-state index contributed by atoms with van der Waals surface area (Å²) < 4.78 is 5.55. The van der Waals surface area contributed by atoms with Gasteiger partial charge >= 0.3 is 0 Å². The van der Waals surface area contributed by atoms with Gasteiger partial charge < -0.3 is 4.74 Å². The molecule has 0 fully saturated rings. The van der Waals surface area contributed by atoms with Crippen molar-refractivity contribution in [1.29, 1.82) is 0 Å². The summed E-state index contributed by atoms with van der Waals surface area (Å²) in [4.78, 5) is 4.00. The Kier molecular flexibility index (Phi) is 4.86. The van der Waals surface area contributed by atoms with E-state index in [1.807, 2.05) is 12.1 Å². The lowest BCUT2D eigenvalue weighted by atomic mass is 9.89. The number of hydrogen-bond acceptors (Lipinski definition) is 4. The van der Waals surface area contributed by atoms with Crippen LogP contribution in [0.2, 0.25) is 0 Å². The van der Waals surface area contributed by atoms with Crippen molar-refractivity contribution in [3.8, 4) is 0 Å².